The van der Waals surface area contributed by atoms with E-state index in [-0.39, 0.29) is 11.6 Å². The van der Waals surface area contributed by atoms with Crippen LogP contribution in [0.15, 0.2) is 109 Å². The monoisotopic (exact) mass is 446 g/mol. The lowest BCUT2D eigenvalue weighted by Gasteiger charge is -2.42. The molecule has 4 aromatic rings. The summed E-state index contributed by atoms with van der Waals surface area (Å²) in [6, 6.07) is 33.8. The minimum Gasteiger partial charge on any atom is -0.484 e. The number of benzene rings is 4. The number of hydrogen-bond acceptors (Lipinski definition) is 4. The Bertz CT molecular complexity index is 1260. The lowest BCUT2D eigenvalue weighted by molar-refractivity contribution is 0.0137. The normalized spacial score (nSPS) is 23.3. The zero-order valence-corrected chi connectivity index (χ0v) is 18.3. The second-order valence-corrected chi connectivity index (χ2v) is 8.67. The zero-order chi connectivity index (χ0) is 23.1. The topological polar surface area (TPSA) is 52.6 Å². The van der Waals surface area contributed by atoms with Crippen LogP contribution in [0.2, 0.25) is 0 Å². The van der Waals surface area contributed by atoms with Crippen molar-refractivity contribution in [3.8, 4) is 11.5 Å². The van der Waals surface area contributed by atoms with Gasteiger partial charge in [-0.1, -0.05) is 84.9 Å². The zero-order valence-electron chi connectivity index (χ0n) is 18.3. The smallest absolute Gasteiger partial charge is 0.174 e. The molecule has 0 saturated heterocycles. The number of Topliss-reactive ketones (excluding diaryl/α,β-unsaturated/α-hetero) is 2. The molecule has 0 bridgehead atoms. The lowest BCUT2D eigenvalue weighted by atomic mass is 9.70. The third-order valence-electron chi connectivity index (χ3n) is 6.71. The highest BCUT2D eigenvalue weighted by Gasteiger charge is 2.52. The van der Waals surface area contributed by atoms with Gasteiger partial charge in [-0.15, -0.1) is 0 Å². The molecule has 0 spiro atoms. The van der Waals surface area contributed by atoms with Crippen LogP contribution in [0.4, 0.5) is 0 Å². The van der Waals surface area contributed by atoms with Crippen molar-refractivity contribution in [1.29, 1.82) is 0 Å². The Labute approximate surface area is 197 Å². The fourth-order valence-electron chi connectivity index (χ4n) is 5.14. The fraction of sp³-hybridized carbons (Fsp3) is 0.133. The summed E-state index contributed by atoms with van der Waals surface area (Å²) >= 11 is 0. The first-order chi connectivity index (χ1) is 16.7. The molecule has 2 aliphatic heterocycles. The van der Waals surface area contributed by atoms with E-state index in [4.69, 9.17) is 9.47 Å². The summed E-state index contributed by atoms with van der Waals surface area (Å²) in [5, 5.41) is 0. The molecular weight excluding hydrogens is 424 g/mol. The van der Waals surface area contributed by atoms with E-state index < -0.39 is 24.0 Å². The maximum atomic E-state index is 14.0. The van der Waals surface area contributed by atoms with Crippen molar-refractivity contribution < 1.29 is 19.1 Å². The van der Waals surface area contributed by atoms with E-state index in [0.717, 1.165) is 11.1 Å². The van der Waals surface area contributed by atoms with Crippen molar-refractivity contribution in [2.75, 3.05) is 0 Å². The van der Waals surface area contributed by atoms with E-state index >= 15 is 0 Å². The summed E-state index contributed by atoms with van der Waals surface area (Å²) in [5.74, 6) is -0.612. The molecule has 4 aromatic carbocycles. The van der Waals surface area contributed by atoms with Crippen molar-refractivity contribution in [2.24, 2.45) is 11.8 Å². The number of carbonyl (C=O) groups is 2. The van der Waals surface area contributed by atoms with Gasteiger partial charge < -0.3 is 9.47 Å². The lowest BCUT2D eigenvalue weighted by Crippen LogP contribution is -2.45. The standard InChI is InChI=1S/C30H22O4/c31-27-21-15-7-9-17-23(21)33-29(19-11-3-1-4-12-19)25(27)26-28(32)22-16-8-10-18-24(22)34-30(26)20-13-5-2-6-14-20/h1-18,25-26,29-30H. The Balaban J connectivity index is 1.55. The van der Waals surface area contributed by atoms with Gasteiger partial charge in [-0.2, -0.15) is 0 Å². The molecule has 2 aliphatic rings. The molecule has 4 heteroatoms. The molecule has 4 nitrogen and oxygen atoms in total. The van der Waals surface area contributed by atoms with Gasteiger partial charge in [0, 0.05) is 0 Å². The number of hydrogen-bond donors (Lipinski definition) is 0. The van der Waals surface area contributed by atoms with E-state index in [1.54, 1.807) is 12.1 Å². The van der Waals surface area contributed by atoms with Crippen LogP contribution in [0.1, 0.15) is 44.1 Å². The van der Waals surface area contributed by atoms with Crippen LogP contribution in [0.3, 0.4) is 0 Å². The van der Waals surface area contributed by atoms with Gasteiger partial charge in [-0.05, 0) is 35.4 Å². The van der Waals surface area contributed by atoms with Gasteiger partial charge in [0.1, 0.15) is 23.7 Å². The predicted octanol–water partition coefficient (Wildman–Crippen LogP) is 6.25. The molecule has 0 amide bonds. The molecular formula is C30H22O4. The highest BCUT2D eigenvalue weighted by atomic mass is 16.5. The second-order valence-electron chi connectivity index (χ2n) is 8.67. The highest BCUT2D eigenvalue weighted by Crippen LogP contribution is 2.50. The van der Waals surface area contributed by atoms with Crippen LogP contribution in [0.25, 0.3) is 0 Å². The molecule has 0 aliphatic carbocycles. The average Bonchev–Trinajstić information content (AvgIpc) is 2.90. The van der Waals surface area contributed by atoms with Crippen molar-refractivity contribution in [1.82, 2.24) is 0 Å². The Morgan fingerprint density at radius 2 is 0.794 bits per heavy atom. The van der Waals surface area contributed by atoms with E-state index in [1.165, 1.54) is 0 Å². The van der Waals surface area contributed by atoms with Gasteiger partial charge in [-0.25, -0.2) is 0 Å². The number of ketones is 2. The van der Waals surface area contributed by atoms with Gasteiger partial charge in [0.15, 0.2) is 11.6 Å². The molecule has 4 atom stereocenters. The molecule has 0 fully saturated rings. The molecule has 2 heterocycles. The first-order valence-corrected chi connectivity index (χ1v) is 11.4. The summed E-state index contributed by atoms with van der Waals surface area (Å²) in [7, 11) is 0. The summed E-state index contributed by atoms with van der Waals surface area (Å²) in [6.07, 6.45) is -1.23. The summed E-state index contributed by atoms with van der Waals surface area (Å²) in [4.78, 5) is 28.1. The number of carbonyl (C=O) groups excluding carboxylic acids is 2. The molecule has 166 valence electrons. The molecule has 4 unspecified atom stereocenters. The largest absolute Gasteiger partial charge is 0.484 e. The van der Waals surface area contributed by atoms with Gasteiger partial charge in [0.2, 0.25) is 0 Å². The summed E-state index contributed by atoms with van der Waals surface area (Å²) in [6.45, 7) is 0. The van der Waals surface area contributed by atoms with Crippen LogP contribution in [0.5, 0.6) is 11.5 Å². The molecule has 6 rings (SSSR count). The molecule has 0 N–H and O–H groups in total. The van der Waals surface area contributed by atoms with Crippen LogP contribution in [-0.4, -0.2) is 11.6 Å². The molecule has 0 radical (unpaired) electrons. The minimum atomic E-state index is -0.747. The average molecular weight is 447 g/mol. The number of ether oxygens (including phenoxy) is 2. The Hall–Kier alpha value is -4.18. The first-order valence-electron chi connectivity index (χ1n) is 11.4. The van der Waals surface area contributed by atoms with E-state index in [1.807, 2.05) is 97.1 Å². The number of rotatable bonds is 3. The van der Waals surface area contributed by atoms with E-state index in [2.05, 4.69) is 0 Å². The van der Waals surface area contributed by atoms with Crippen LogP contribution in [-0.2, 0) is 0 Å². The van der Waals surface area contributed by atoms with E-state index in [9.17, 15) is 9.59 Å². The maximum absolute atomic E-state index is 14.0. The van der Waals surface area contributed by atoms with Crippen LogP contribution in [0, 0.1) is 11.8 Å². The minimum absolute atomic E-state index is 0.0991. The predicted molar refractivity (Wildman–Crippen MR) is 128 cm³/mol. The van der Waals surface area contributed by atoms with Gasteiger partial charge in [0.05, 0.1) is 23.0 Å². The third kappa shape index (κ3) is 3.30. The maximum Gasteiger partial charge on any atom is 0.174 e. The molecule has 0 saturated carbocycles. The summed E-state index contributed by atoms with van der Waals surface area (Å²) < 4.78 is 12.9. The molecule has 34 heavy (non-hydrogen) atoms. The Morgan fingerprint density at radius 3 is 1.21 bits per heavy atom. The van der Waals surface area contributed by atoms with Crippen LogP contribution < -0.4 is 9.47 Å². The van der Waals surface area contributed by atoms with Crippen molar-refractivity contribution in [3.63, 3.8) is 0 Å². The molecule has 0 aromatic heterocycles. The van der Waals surface area contributed by atoms with Crippen molar-refractivity contribution in [3.05, 3.63) is 131 Å². The fourth-order valence-corrected chi connectivity index (χ4v) is 5.14. The SMILES string of the molecule is O=C1c2ccccc2OC(c2ccccc2)C1C1C(=O)c2ccccc2OC1c1ccccc1. The Kier molecular flexibility index (Phi) is 4.99. The number of para-hydroxylation sites is 2. The van der Waals surface area contributed by atoms with Gasteiger partial charge >= 0.3 is 0 Å². The van der Waals surface area contributed by atoms with Crippen molar-refractivity contribution in [2.45, 2.75) is 12.2 Å². The Morgan fingerprint density at radius 1 is 0.441 bits per heavy atom. The third-order valence-corrected chi connectivity index (χ3v) is 6.71. The number of fused-ring (bicyclic) bond motifs is 2. The second kappa shape index (κ2) is 8.31. The van der Waals surface area contributed by atoms with Crippen molar-refractivity contribution >= 4 is 11.6 Å². The highest BCUT2D eigenvalue weighted by molar-refractivity contribution is 6.08. The van der Waals surface area contributed by atoms with E-state index in [0.29, 0.717) is 22.6 Å². The van der Waals surface area contributed by atoms with Crippen LogP contribution >= 0.6 is 0 Å². The first kappa shape index (κ1) is 20.4. The van der Waals surface area contributed by atoms with Gasteiger partial charge in [-0.3, -0.25) is 9.59 Å². The summed E-state index contributed by atoms with van der Waals surface area (Å²) in [5.41, 5.74) is 2.71. The quantitative estimate of drug-likeness (QED) is 0.373. The van der Waals surface area contributed by atoms with Gasteiger partial charge in [0.25, 0.3) is 0 Å².